The molecule has 0 N–H and O–H groups in total. The third-order valence-corrected chi connectivity index (χ3v) is 3.49. The standard InChI is InChI=1S/C10H15NOS/c1-8(2)9(3)13-10-4-6-11(12)7-5-10/h4-9H,1-3H3/t9-/m1/s1. The van der Waals surface area contributed by atoms with E-state index in [1.165, 1.54) is 12.4 Å². The second kappa shape index (κ2) is 4.51. The predicted octanol–water partition coefficient (Wildman–Crippen LogP) is 2.46. The SMILES string of the molecule is CC(C)[C@@H](C)Sc1cc[n+]([O-])cc1. The summed E-state index contributed by atoms with van der Waals surface area (Å²) in [5.41, 5.74) is 0. The molecule has 0 aromatic carbocycles. The van der Waals surface area contributed by atoms with Crippen LogP contribution >= 0.6 is 11.8 Å². The summed E-state index contributed by atoms with van der Waals surface area (Å²) >= 11 is 1.81. The lowest BCUT2D eigenvalue weighted by molar-refractivity contribution is -0.605. The van der Waals surface area contributed by atoms with E-state index in [0.717, 1.165) is 9.63 Å². The lowest BCUT2D eigenvalue weighted by Gasteiger charge is -2.14. The molecule has 0 amide bonds. The first kappa shape index (κ1) is 10.4. The molecule has 1 atom stereocenters. The van der Waals surface area contributed by atoms with Crippen molar-refractivity contribution in [1.82, 2.24) is 0 Å². The van der Waals surface area contributed by atoms with Gasteiger partial charge in [-0.25, -0.2) is 0 Å². The summed E-state index contributed by atoms with van der Waals surface area (Å²) in [6.07, 6.45) is 3.07. The third kappa shape index (κ3) is 3.27. The predicted molar refractivity (Wildman–Crippen MR) is 55.6 cm³/mol. The van der Waals surface area contributed by atoms with Crippen molar-refractivity contribution in [3.8, 4) is 0 Å². The number of nitrogens with zero attached hydrogens (tertiary/aromatic N) is 1. The van der Waals surface area contributed by atoms with Gasteiger partial charge in [0, 0.05) is 22.3 Å². The number of hydrogen-bond donors (Lipinski definition) is 0. The average Bonchev–Trinajstić information content (AvgIpc) is 2.08. The molecule has 0 saturated carbocycles. The van der Waals surface area contributed by atoms with Crippen molar-refractivity contribution in [3.05, 3.63) is 29.7 Å². The lowest BCUT2D eigenvalue weighted by Crippen LogP contribution is -2.23. The Kier molecular flexibility index (Phi) is 3.60. The van der Waals surface area contributed by atoms with Gasteiger partial charge >= 0.3 is 0 Å². The van der Waals surface area contributed by atoms with Crippen molar-refractivity contribution in [2.75, 3.05) is 0 Å². The van der Waals surface area contributed by atoms with Crippen LogP contribution in [0.2, 0.25) is 0 Å². The van der Waals surface area contributed by atoms with E-state index in [4.69, 9.17) is 0 Å². The van der Waals surface area contributed by atoms with Gasteiger partial charge in [0.1, 0.15) is 0 Å². The summed E-state index contributed by atoms with van der Waals surface area (Å²) in [5, 5.41) is 11.3. The van der Waals surface area contributed by atoms with Crippen molar-refractivity contribution in [2.45, 2.75) is 30.9 Å². The molecule has 72 valence electrons. The van der Waals surface area contributed by atoms with E-state index in [1.807, 2.05) is 23.9 Å². The Morgan fingerprint density at radius 3 is 2.23 bits per heavy atom. The molecule has 0 unspecified atom stereocenters. The molecular formula is C10H15NOS. The van der Waals surface area contributed by atoms with Crippen molar-refractivity contribution in [3.63, 3.8) is 0 Å². The first-order valence-electron chi connectivity index (χ1n) is 4.45. The van der Waals surface area contributed by atoms with Crippen molar-refractivity contribution >= 4 is 11.8 Å². The minimum Gasteiger partial charge on any atom is -0.619 e. The van der Waals surface area contributed by atoms with Gasteiger partial charge in [0.25, 0.3) is 0 Å². The van der Waals surface area contributed by atoms with E-state index < -0.39 is 0 Å². The zero-order valence-electron chi connectivity index (χ0n) is 8.23. The highest BCUT2D eigenvalue weighted by Crippen LogP contribution is 2.26. The summed E-state index contributed by atoms with van der Waals surface area (Å²) in [6, 6.07) is 3.72. The smallest absolute Gasteiger partial charge is 0.181 e. The fraction of sp³-hybridized carbons (Fsp3) is 0.500. The Hall–Kier alpha value is -0.700. The first-order chi connectivity index (χ1) is 6.09. The molecule has 0 aliphatic heterocycles. The second-order valence-electron chi connectivity index (χ2n) is 3.46. The molecule has 1 aromatic heterocycles. The highest BCUT2D eigenvalue weighted by Gasteiger charge is 2.08. The molecule has 0 spiro atoms. The van der Waals surface area contributed by atoms with Crippen molar-refractivity contribution in [1.29, 1.82) is 0 Å². The van der Waals surface area contributed by atoms with Gasteiger partial charge in [0.2, 0.25) is 0 Å². The largest absolute Gasteiger partial charge is 0.619 e. The van der Waals surface area contributed by atoms with Crippen molar-refractivity contribution < 1.29 is 4.73 Å². The maximum Gasteiger partial charge on any atom is 0.181 e. The minimum atomic E-state index is 0.586. The summed E-state index contributed by atoms with van der Waals surface area (Å²) in [5.74, 6) is 0.657. The molecule has 0 aliphatic rings. The summed E-state index contributed by atoms with van der Waals surface area (Å²) in [7, 11) is 0. The zero-order valence-corrected chi connectivity index (χ0v) is 9.04. The monoisotopic (exact) mass is 197 g/mol. The minimum absolute atomic E-state index is 0.586. The van der Waals surface area contributed by atoms with E-state index in [0.29, 0.717) is 11.2 Å². The van der Waals surface area contributed by atoms with Crippen LogP contribution in [0.15, 0.2) is 29.4 Å². The molecule has 3 heteroatoms. The van der Waals surface area contributed by atoms with Crippen molar-refractivity contribution in [2.24, 2.45) is 5.92 Å². The van der Waals surface area contributed by atoms with E-state index in [9.17, 15) is 5.21 Å². The van der Waals surface area contributed by atoms with E-state index in [-0.39, 0.29) is 0 Å². The van der Waals surface area contributed by atoms with Gasteiger partial charge in [-0.05, 0) is 5.92 Å². The zero-order chi connectivity index (χ0) is 9.84. The van der Waals surface area contributed by atoms with Gasteiger partial charge in [0.05, 0.1) is 0 Å². The Morgan fingerprint density at radius 1 is 1.23 bits per heavy atom. The van der Waals surface area contributed by atoms with Gasteiger partial charge in [-0.2, -0.15) is 4.73 Å². The van der Waals surface area contributed by atoms with Gasteiger partial charge in [-0.1, -0.05) is 20.8 Å². The summed E-state index contributed by atoms with van der Waals surface area (Å²) < 4.78 is 0.810. The topological polar surface area (TPSA) is 26.9 Å². The van der Waals surface area contributed by atoms with Crippen LogP contribution in [0.3, 0.4) is 0 Å². The van der Waals surface area contributed by atoms with Crippen LogP contribution < -0.4 is 4.73 Å². The van der Waals surface area contributed by atoms with E-state index >= 15 is 0 Å². The molecule has 0 saturated heterocycles. The van der Waals surface area contributed by atoms with Gasteiger partial charge in [0.15, 0.2) is 12.4 Å². The van der Waals surface area contributed by atoms with Gasteiger partial charge < -0.3 is 5.21 Å². The molecule has 1 aromatic rings. The molecule has 1 rings (SSSR count). The van der Waals surface area contributed by atoms with Crippen LogP contribution in [0.25, 0.3) is 0 Å². The van der Waals surface area contributed by atoms with Gasteiger partial charge in [-0.15, -0.1) is 11.8 Å². The number of hydrogen-bond acceptors (Lipinski definition) is 2. The number of rotatable bonds is 3. The number of thioether (sulfide) groups is 1. The number of pyridine rings is 1. The second-order valence-corrected chi connectivity index (χ2v) is 4.91. The average molecular weight is 197 g/mol. The Labute approximate surface area is 83.6 Å². The summed E-state index contributed by atoms with van der Waals surface area (Å²) in [4.78, 5) is 1.16. The molecule has 1 heterocycles. The molecule has 13 heavy (non-hydrogen) atoms. The summed E-state index contributed by atoms with van der Waals surface area (Å²) in [6.45, 7) is 6.61. The molecular weight excluding hydrogens is 182 g/mol. The fourth-order valence-electron chi connectivity index (χ4n) is 0.828. The molecule has 0 aliphatic carbocycles. The quantitative estimate of drug-likeness (QED) is 0.423. The van der Waals surface area contributed by atoms with Crippen LogP contribution in [-0.2, 0) is 0 Å². The normalized spacial score (nSPS) is 13.2. The highest BCUT2D eigenvalue weighted by molar-refractivity contribution is 8.00. The Balaban J connectivity index is 2.59. The van der Waals surface area contributed by atoms with Crippen LogP contribution in [0.1, 0.15) is 20.8 Å². The Bertz CT molecular complexity index is 258. The fourth-order valence-corrected chi connectivity index (χ4v) is 1.81. The number of aromatic nitrogens is 1. The molecule has 0 fully saturated rings. The lowest BCUT2D eigenvalue weighted by atomic mass is 10.2. The van der Waals surface area contributed by atoms with Crippen LogP contribution in [-0.4, -0.2) is 5.25 Å². The third-order valence-electron chi connectivity index (χ3n) is 2.03. The van der Waals surface area contributed by atoms with Crippen LogP contribution in [0.4, 0.5) is 0 Å². The molecule has 0 bridgehead atoms. The molecule has 0 radical (unpaired) electrons. The van der Waals surface area contributed by atoms with Gasteiger partial charge in [-0.3, -0.25) is 0 Å². The van der Waals surface area contributed by atoms with Crippen LogP contribution in [0, 0.1) is 11.1 Å². The Morgan fingerprint density at radius 2 is 1.77 bits per heavy atom. The van der Waals surface area contributed by atoms with Crippen LogP contribution in [0.5, 0.6) is 0 Å². The highest BCUT2D eigenvalue weighted by atomic mass is 32.2. The van der Waals surface area contributed by atoms with E-state index in [2.05, 4.69) is 20.8 Å². The maximum absolute atomic E-state index is 10.7. The molecule has 2 nitrogen and oxygen atoms in total. The first-order valence-corrected chi connectivity index (χ1v) is 5.33. The maximum atomic E-state index is 10.7. The van der Waals surface area contributed by atoms with E-state index in [1.54, 1.807) is 0 Å².